The maximum absolute atomic E-state index is 12.6. The lowest BCUT2D eigenvalue weighted by molar-refractivity contribution is -0.125. The first-order chi connectivity index (χ1) is 14.0. The zero-order chi connectivity index (χ0) is 22.5. The number of pyridine rings is 1. The van der Waals surface area contributed by atoms with E-state index in [0.29, 0.717) is 11.1 Å². The van der Waals surface area contributed by atoms with Crippen LogP contribution in [0.4, 0.5) is 5.82 Å². The number of anilines is 1. The van der Waals surface area contributed by atoms with E-state index >= 15 is 0 Å². The molecule has 156 valence electrons. The number of thioether (sulfide) groups is 1. The van der Waals surface area contributed by atoms with E-state index < -0.39 is 15.5 Å². The van der Waals surface area contributed by atoms with Crippen LogP contribution in [0.5, 0.6) is 0 Å². The molecule has 0 aliphatic carbocycles. The van der Waals surface area contributed by atoms with Crippen molar-refractivity contribution in [2.75, 3.05) is 24.3 Å². The molecule has 0 spiro atoms. The minimum atomic E-state index is -3.68. The highest BCUT2D eigenvalue weighted by Crippen LogP contribution is 2.36. The molecule has 0 amide bonds. The molecule has 1 heterocycles. The van der Waals surface area contributed by atoms with Gasteiger partial charge in [-0.05, 0) is 5.56 Å². The Bertz CT molecular complexity index is 1150. The van der Waals surface area contributed by atoms with Gasteiger partial charge in [-0.3, -0.25) is 8.98 Å². The van der Waals surface area contributed by atoms with Gasteiger partial charge in [0, 0.05) is 11.0 Å². The number of benzene rings is 1. The van der Waals surface area contributed by atoms with Crippen LogP contribution in [0.3, 0.4) is 0 Å². The molecule has 8 nitrogen and oxygen atoms in total. The van der Waals surface area contributed by atoms with Gasteiger partial charge < -0.3 is 5.73 Å². The van der Waals surface area contributed by atoms with E-state index in [1.165, 1.54) is 0 Å². The van der Waals surface area contributed by atoms with Crippen LogP contribution in [0, 0.1) is 28.1 Å². The lowest BCUT2D eigenvalue weighted by Crippen LogP contribution is -2.32. The molecule has 0 saturated heterocycles. The van der Waals surface area contributed by atoms with E-state index in [1.807, 2.05) is 6.07 Å². The van der Waals surface area contributed by atoms with Gasteiger partial charge in [-0.15, -0.1) is 0 Å². The average Bonchev–Trinajstić information content (AvgIpc) is 2.70. The number of aromatic nitrogens is 1. The molecule has 0 radical (unpaired) electrons. The Balaban J connectivity index is 2.37. The van der Waals surface area contributed by atoms with Crippen LogP contribution in [-0.4, -0.2) is 37.8 Å². The summed E-state index contributed by atoms with van der Waals surface area (Å²) in [6.45, 7) is 2.85. The number of nitrogens with zero attached hydrogens (tertiary/aromatic N) is 3. The molecule has 0 bridgehead atoms. The molecule has 1 aromatic heterocycles. The monoisotopic (exact) mass is 444 g/mol. The first kappa shape index (κ1) is 23.4. The Hall–Kier alpha value is -2.92. The summed E-state index contributed by atoms with van der Waals surface area (Å²) in [7, 11) is -3.68. The molecule has 0 fully saturated rings. The van der Waals surface area contributed by atoms with Gasteiger partial charge >= 0.3 is 0 Å². The highest BCUT2D eigenvalue weighted by Gasteiger charge is 2.30. The summed E-state index contributed by atoms with van der Waals surface area (Å²) >= 11 is 1.00. The van der Waals surface area contributed by atoms with Crippen molar-refractivity contribution in [1.29, 1.82) is 10.5 Å². The fraction of sp³-hybridized carbons (Fsp3) is 0.300. The Kier molecular flexibility index (Phi) is 7.21. The number of Topliss-reactive ketones (excluding diaryl/α,β-unsaturated/α-hetero) is 1. The first-order valence-electron chi connectivity index (χ1n) is 8.69. The van der Waals surface area contributed by atoms with Crippen molar-refractivity contribution in [1.82, 2.24) is 4.98 Å². The second-order valence-corrected chi connectivity index (χ2v) is 9.69. The largest absolute Gasteiger partial charge is 0.383 e. The molecule has 0 saturated carbocycles. The average molecular weight is 445 g/mol. The Morgan fingerprint density at radius 2 is 1.80 bits per heavy atom. The second kappa shape index (κ2) is 9.26. The third kappa shape index (κ3) is 5.57. The van der Waals surface area contributed by atoms with Gasteiger partial charge in [0.05, 0.1) is 24.2 Å². The number of nitrogens with two attached hydrogens (primary N) is 1. The lowest BCUT2D eigenvalue weighted by atomic mass is 9.90. The van der Waals surface area contributed by atoms with Crippen molar-refractivity contribution in [3.63, 3.8) is 0 Å². The second-order valence-electron chi connectivity index (χ2n) is 7.08. The summed E-state index contributed by atoms with van der Waals surface area (Å²) in [5.74, 6) is -0.405. The van der Waals surface area contributed by atoms with Gasteiger partial charge in [0.1, 0.15) is 28.5 Å². The molecule has 1 aromatic carbocycles. The number of rotatable bonds is 8. The summed E-state index contributed by atoms with van der Waals surface area (Å²) < 4.78 is 27.2. The molecule has 10 heteroatoms. The Labute approximate surface area is 179 Å². The summed E-state index contributed by atoms with van der Waals surface area (Å²) in [5, 5.41) is 19.5. The molecule has 2 rings (SSSR count). The van der Waals surface area contributed by atoms with Crippen molar-refractivity contribution in [3.05, 3.63) is 41.5 Å². The Morgan fingerprint density at radius 1 is 1.20 bits per heavy atom. The van der Waals surface area contributed by atoms with Crippen molar-refractivity contribution >= 4 is 33.5 Å². The van der Waals surface area contributed by atoms with Crippen molar-refractivity contribution in [2.45, 2.75) is 18.9 Å². The van der Waals surface area contributed by atoms with Crippen LogP contribution < -0.4 is 5.73 Å². The normalized spacial score (nSPS) is 11.5. The molecule has 0 atom stereocenters. The summed E-state index contributed by atoms with van der Waals surface area (Å²) in [4.78, 5) is 16.8. The molecule has 2 aromatic rings. The molecule has 0 aliphatic rings. The fourth-order valence-electron chi connectivity index (χ4n) is 2.46. The molecule has 30 heavy (non-hydrogen) atoms. The smallest absolute Gasteiger partial charge is 0.264 e. The number of carbonyl (C=O) groups is 1. The van der Waals surface area contributed by atoms with Crippen LogP contribution in [0.2, 0.25) is 0 Å². The van der Waals surface area contributed by atoms with Gasteiger partial charge in [0.25, 0.3) is 10.1 Å². The number of nitriles is 2. The zero-order valence-corrected chi connectivity index (χ0v) is 18.3. The van der Waals surface area contributed by atoms with Crippen LogP contribution in [0.25, 0.3) is 11.1 Å². The van der Waals surface area contributed by atoms with Crippen LogP contribution in [-0.2, 0) is 19.1 Å². The Morgan fingerprint density at radius 3 is 2.33 bits per heavy atom. The molecule has 0 unspecified atom stereocenters. The van der Waals surface area contributed by atoms with Gasteiger partial charge in [-0.25, -0.2) is 4.98 Å². The van der Waals surface area contributed by atoms with Crippen LogP contribution in [0.1, 0.15) is 25.0 Å². The quantitative estimate of drug-likeness (QED) is 0.479. The van der Waals surface area contributed by atoms with E-state index in [2.05, 4.69) is 11.1 Å². The van der Waals surface area contributed by atoms with E-state index in [0.717, 1.165) is 18.0 Å². The minimum absolute atomic E-state index is 0.0371. The van der Waals surface area contributed by atoms with Gasteiger partial charge in [0.2, 0.25) is 0 Å². The molecule has 0 aliphatic heterocycles. The number of nitrogen functional groups attached to an aromatic ring is 1. The number of carbonyl (C=O) groups excluding carboxylic acids is 1. The highest BCUT2D eigenvalue weighted by atomic mass is 32.2. The highest BCUT2D eigenvalue weighted by molar-refractivity contribution is 8.00. The summed E-state index contributed by atoms with van der Waals surface area (Å²) in [6, 6.07) is 12.9. The van der Waals surface area contributed by atoms with Crippen LogP contribution >= 0.6 is 11.8 Å². The van der Waals surface area contributed by atoms with E-state index in [4.69, 9.17) is 9.92 Å². The lowest BCUT2D eigenvalue weighted by Gasteiger charge is -2.22. The predicted octanol–water partition coefficient (Wildman–Crippen LogP) is 2.74. The van der Waals surface area contributed by atoms with E-state index in [-0.39, 0.29) is 40.1 Å². The maximum atomic E-state index is 12.6. The van der Waals surface area contributed by atoms with E-state index in [1.54, 1.807) is 44.2 Å². The maximum Gasteiger partial charge on any atom is 0.264 e. The predicted molar refractivity (Wildman–Crippen MR) is 114 cm³/mol. The van der Waals surface area contributed by atoms with Crippen molar-refractivity contribution < 1.29 is 17.4 Å². The first-order valence-corrected chi connectivity index (χ1v) is 11.5. The van der Waals surface area contributed by atoms with Crippen molar-refractivity contribution in [3.8, 4) is 23.3 Å². The number of hydrogen-bond acceptors (Lipinski definition) is 9. The third-order valence-electron chi connectivity index (χ3n) is 4.21. The van der Waals surface area contributed by atoms with Crippen molar-refractivity contribution in [2.24, 2.45) is 5.41 Å². The zero-order valence-electron chi connectivity index (χ0n) is 16.7. The number of ketones is 1. The molecular weight excluding hydrogens is 424 g/mol. The van der Waals surface area contributed by atoms with Gasteiger partial charge in [-0.1, -0.05) is 55.9 Å². The molecular formula is C20H20N4O4S2. The van der Waals surface area contributed by atoms with E-state index in [9.17, 15) is 23.7 Å². The summed E-state index contributed by atoms with van der Waals surface area (Å²) in [5.41, 5.74) is 6.13. The van der Waals surface area contributed by atoms with Gasteiger partial charge in [0.15, 0.2) is 5.78 Å². The summed E-state index contributed by atoms with van der Waals surface area (Å²) in [6.07, 6.45) is 0.913. The third-order valence-corrected chi connectivity index (χ3v) is 5.73. The number of hydrogen-bond donors (Lipinski definition) is 1. The SMILES string of the molecule is CC(C)(COS(C)(=O)=O)C(=O)CSc1nc(N)c(C#N)c(-c2ccccc2)c1C#N. The molecule has 2 N–H and O–H groups in total. The minimum Gasteiger partial charge on any atom is -0.383 e. The topological polar surface area (TPSA) is 147 Å². The van der Waals surface area contributed by atoms with Gasteiger partial charge in [-0.2, -0.15) is 18.9 Å². The standard InChI is InChI=1S/C20H20N4O4S2/c1-20(2,12-28-30(3,26)27)16(25)11-29-19-15(10-22)17(13-7-5-4-6-8-13)14(9-21)18(23)24-19/h4-8H,11-12H2,1-3H3,(H2,23,24). The fourth-order valence-corrected chi connectivity index (χ4v) is 4.08. The van der Waals surface area contributed by atoms with Crippen LogP contribution in [0.15, 0.2) is 35.4 Å².